The van der Waals surface area contributed by atoms with E-state index in [0.29, 0.717) is 16.8 Å². The van der Waals surface area contributed by atoms with Gasteiger partial charge in [0, 0.05) is 31.0 Å². The molecule has 2 aromatic rings. The molecule has 0 amide bonds. The van der Waals surface area contributed by atoms with Crippen molar-refractivity contribution < 1.29 is 23.9 Å². The average Bonchev–Trinajstić information content (AvgIpc) is 3.02. The molecule has 1 atom stereocenters. The summed E-state index contributed by atoms with van der Waals surface area (Å²) < 4.78 is 10.4. The standard InChI is InChI=1S/C23H26N2O5/c1-5-29-21(27)19(22(28)30-6-2)23(15-11-13-16(14-12-15)25(3)4)20(26)17-9-7-8-10-18(17)24-23/h7-14,19,24H,5-6H2,1-4H3. The van der Waals surface area contributed by atoms with Crippen LogP contribution in [0.25, 0.3) is 0 Å². The van der Waals surface area contributed by atoms with Crippen LogP contribution in [0.4, 0.5) is 11.4 Å². The fourth-order valence-electron chi connectivity index (χ4n) is 3.77. The van der Waals surface area contributed by atoms with Crippen molar-refractivity contribution in [3.63, 3.8) is 0 Å². The Bertz CT molecular complexity index is 936. The third-order valence-electron chi connectivity index (χ3n) is 5.18. The van der Waals surface area contributed by atoms with Crippen LogP contribution in [0, 0.1) is 5.92 Å². The van der Waals surface area contributed by atoms with Gasteiger partial charge >= 0.3 is 11.9 Å². The molecular formula is C23H26N2O5. The highest BCUT2D eigenvalue weighted by Gasteiger charge is 2.59. The van der Waals surface area contributed by atoms with E-state index in [1.165, 1.54) is 0 Å². The smallest absolute Gasteiger partial charge is 0.323 e. The molecular weight excluding hydrogens is 384 g/mol. The van der Waals surface area contributed by atoms with E-state index in [-0.39, 0.29) is 19.0 Å². The molecule has 1 aliphatic heterocycles. The van der Waals surface area contributed by atoms with Crippen molar-refractivity contribution in [1.82, 2.24) is 0 Å². The molecule has 3 rings (SSSR count). The van der Waals surface area contributed by atoms with Gasteiger partial charge in [-0.25, -0.2) is 0 Å². The van der Waals surface area contributed by atoms with Crippen LogP contribution in [-0.2, 0) is 24.6 Å². The Hall–Kier alpha value is -3.35. The van der Waals surface area contributed by atoms with Crippen molar-refractivity contribution in [1.29, 1.82) is 0 Å². The van der Waals surface area contributed by atoms with Gasteiger partial charge in [-0.2, -0.15) is 0 Å². The van der Waals surface area contributed by atoms with Crippen LogP contribution in [-0.4, -0.2) is 45.0 Å². The number of esters is 2. The minimum absolute atomic E-state index is 0.0749. The second kappa shape index (κ2) is 8.57. The van der Waals surface area contributed by atoms with Crippen molar-refractivity contribution in [2.45, 2.75) is 19.4 Å². The molecule has 1 unspecified atom stereocenters. The lowest BCUT2D eigenvalue weighted by Crippen LogP contribution is -2.53. The SMILES string of the molecule is CCOC(=O)C(C(=O)OCC)C1(c2ccc(N(C)C)cc2)Nc2ccccc2C1=O. The van der Waals surface area contributed by atoms with E-state index in [1.807, 2.05) is 31.1 Å². The number of fused-ring (bicyclic) bond motifs is 1. The molecule has 158 valence electrons. The third-order valence-corrected chi connectivity index (χ3v) is 5.18. The minimum Gasteiger partial charge on any atom is -0.465 e. The van der Waals surface area contributed by atoms with Crippen LogP contribution in [0.1, 0.15) is 29.8 Å². The molecule has 1 aliphatic rings. The van der Waals surface area contributed by atoms with Crippen LogP contribution >= 0.6 is 0 Å². The fourth-order valence-corrected chi connectivity index (χ4v) is 3.77. The van der Waals surface area contributed by atoms with E-state index in [4.69, 9.17) is 9.47 Å². The van der Waals surface area contributed by atoms with E-state index in [2.05, 4.69) is 5.32 Å². The van der Waals surface area contributed by atoms with Gasteiger partial charge in [-0.15, -0.1) is 0 Å². The Labute approximate surface area is 176 Å². The fraction of sp³-hybridized carbons (Fsp3) is 0.348. The Morgan fingerprint density at radius 2 is 1.53 bits per heavy atom. The summed E-state index contributed by atoms with van der Waals surface area (Å²) in [6, 6.07) is 14.1. The number of ketones is 1. The summed E-state index contributed by atoms with van der Waals surface area (Å²) in [5, 5.41) is 3.18. The molecule has 0 spiro atoms. The normalized spacial score (nSPS) is 17.3. The van der Waals surface area contributed by atoms with Gasteiger partial charge in [0.25, 0.3) is 0 Å². The summed E-state index contributed by atoms with van der Waals surface area (Å²) in [6.07, 6.45) is 0. The maximum atomic E-state index is 13.7. The lowest BCUT2D eigenvalue weighted by molar-refractivity contribution is -0.164. The van der Waals surface area contributed by atoms with Gasteiger partial charge in [-0.1, -0.05) is 24.3 Å². The predicted molar refractivity (Wildman–Crippen MR) is 114 cm³/mol. The molecule has 0 radical (unpaired) electrons. The van der Waals surface area contributed by atoms with E-state index >= 15 is 0 Å². The monoisotopic (exact) mass is 410 g/mol. The minimum atomic E-state index is -1.66. The predicted octanol–water partition coefficient (Wildman–Crippen LogP) is 3.00. The number of rotatable bonds is 7. The number of ether oxygens (including phenoxy) is 2. The highest BCUT2D eigenvalue weighted by atomic mass is 16.6. The first-order valence-corrected chi connectivity index (χ1v) is 9.89. The molecule has 7 nitrogen and oxygen atoms in total. The Balaban J connectivity index is 2.22. The van der Waals surface area contributed by atoms with Gasteiger partial charge in [0.1, 0.15) is 0 Å². The number of nitrogens with zero attached hydrogens (tertiary/aromatic N) is 1. The molecule has 0 saturated carbocycles. The van der Waals surface area contributed by atoms with E-state index in [0.717, 1.165) is 5.69 Å². The summed E-state index contributed by atoms with van der Waals surface area (Å²) in [7, 11) is 3.80. The number of hydrogen-bond acceptors (Lipinski definition) is 7. The molecule has 0 aromatic heterocycles. The first kappa shape index (κ1) is 21.4. The Morgan fingerprint density at radius 3 is 2.03 bits per heavy atom. The lowest BCUT2D eigenvalue weighted by Gasteiger charge is -2.34. The molecule has 1 heterocycles. The summed E-state index contributed by atoms with van der Waals surface area (Å²) in [5.41, 5.74) is 0.708. The van der Waals surface area contributed by atoms with E-state index in [9.17, 15) is 14.4 Å². The lowest BCUT2D eigenvalue weighted by atomic mass is 9.75. The molecule has 0 fully saturated rings. The van der Waals surface area contributed by atoms with Crippen LogP contribution in [0.15, 0.2) is 48.5 Å². The highest BCUT2D eigenvalue weighted by Crippen LogP contribution is 2.45. The zero-order chi connectivity index (χ0) is 21.9. The third kappa shape index (κ3) is 3.51. The number of hydrogen-bond donors (Lipinski definition) is 1. The number of anilines is 2. The molecule has 0 aliphatic carbocycles. The maximum absolute atomic E-state index is 13.7. The molecule has 30 heavy (non-hydrogen) atoms. The van der Waals surface area contributed by atoms with Crippen LogP contribution < -0.4 is 10.2 Å². The highest BCUT2D eigenvalue weighted by molar-refractivity contribution is 6.18. The van der Waals surface area contributed by atoms with Crippen molar-refractivity contribution in [3.8, 4) is 0 Å². The number of carbonyl (C=O) groups is 3. The Kier molecular flexibility index (Phi) is 6.10. The topological polar surface area (TPSA) is 84.9 Å². The van der Waals surface area contributed by atoms with Gasteiger partial charge < -0.3 is 19.7 Å². The number of nitrogens with one attached hydrogen (secondary N) is 1. The molecule has 7 heteroatoms. The zero-order valence-corrected chi connectivity index (χ0v) is 17.6. The second-order valence-corrected chi connectivity index (χ2v) is 7.19. The maximum Gasteiger partial charge on any atom is 0.323 e. The van der Waals surface area contributed by atoms with Crippen molar-refractivity contribution >= 4 is 29.1 Å². The largest absolute Gasteiger partial charge is 0.465 e. The summed E-state index contributed by atoms with van der Waals surface area (Å²) in [6.45, 7) is 3.45. The second-order valence-electron chi connectivity index (χ2n) is 7.19. The first-order chi connectivity index (χ1) is 14.4. The number of para-hydroxylation sites is 1. The molecule has 0 saturated heterocycles. The number of carbonyl (C=O) groups excluding carboxylic acids is 3. The van der Waals surface area contributed by atoms with Crippen LogP contribution in [0.5, 0.6) is 0 Å². The van der Waals surface area contributed by atoms with Crippen molar-refractivity contribution in [3.05, 3.63) is 59.7 Å². The van der Waals surface area contributed by atoms with Gasteiger partial charge in [-0.05, 0) is 43.7 Å². The summed E-state index contributed by atoms with van der Waals surface area (Å²) in [5.74, 6) is -3.48. The molecule has 0 bridgehead atoms. The van der Waals surface area contributed by atoms with Gasteiger partial charge in [-0.3, -0.25) is 14.4 Å². The zero-order valence-electron chi connectivity index (χ0n) is 17.6. The van der Waals surface area contributed by atoms with Crippen LogP contribution in [0.2, 0.25) is 0 Å². The average molecular weight is 410 g/mol. The Morgan fingerprint density at radius 1 is 0.967 bits per heavy atom. The number of benzene rings is 2. The first-order valence-electron chi connectivity index (χ1n) is 9.89. The summed E-state index contributed by atoms with van der Waals surface area (Å²) in [4.78, 5) is 41.6. The summed E-state index contributed by atoms with van der Waals surface area (Å²) >= 11 is 0. The van der Waals surface area contributed by atoms with Gasteiger partial charge in [0.05, 0.1) is 13.2 Å². The van der Waals surface area contributed by atoms with Crippen molar-refractivity contribution in [2.24, 2.45) is 5.92 Å². The van der Waals surface area contributed by atoms with Crippen molar-refractivity contribution in [2.75, 3.05) is 37.5 Å². The van der Waals surface area contributed by atoms with E-state index in [1.54, 1.807) is 50.2 Å². The quantitative estimate of drug-likeness (QED) is 0.555. The van der Waals surface area contributed by atoms with Gasteiger partial charge in [0.2, 0.25) is 0 Å². The van der Waals surface area contributed by atoms with Gasteiger partial charge in [0.15, 0.2) is 17.2 Å². The van der Waals surface area contributed by atoms with E-state index < -0.39 is 23.4 Å². The molecule has 1 N–H and O–H groups in total. The molecule has 2 aromatic carbocycles. The number of Topliss-reactive ketones (excluding diaryl/α,β-unsaturated/α-hetero) is 1. The van der Waals surface area contributed by atoms with Crippen LogP contribution in [0.3, 0.4) is 0 Å².